The second-order valence-corrected chi connectivity index (χ2v) is 3.45. The molecule has 0 unspecified atom stereocenters. The Balaban J connectivity index is 2.93. The molecule has 0 aromatic heterocycles. The van der Waals surface area contributed by atoms with Crippen molar-refractivity contribution < 1.29 is 22.4 Å². The fraction of sp³-hybridized carbons (Fsp3) is 0.364. The Morgan fingerprint density at radius 2 is 2.00 bits per heavy atom. The van der Waals surface area contributed by atoms with E-state index in [4.69, 9.17) is 0 Å². The minimum atomic E-state index is -4.75. The first-order valence-corrected chi connectivity index (χ1v) is 5.01. The van der Waals surface area contributed by atoms with Crippen molar-refractivity contribution in [3.63, 3.8) is 0 Å². The molecule has 0 saturated heterocycles. The van der Waals surface area contributed by atoms with E-state index in [1.165, 1.54) is 0 Å². The quantitative estimate of drug-likeness (QED) is 0.820. The molecular weight excluding hydrogens is 238 g/mol. The Hall–Kier alpha value is -1.59. The monoisotopic (exact) mass is 249 g/mol. The molecule has 0 bridgehead atoms. The number of carbonyl (C=O) groups excluding carboxylic acids is 1. The smallest absolute Gasteiger partial charge is 0.352 e. The summed E-state index contributed by atoms with van der Waals surface area (Å²) in [5, 5.41) is 2.45. The van der Waals surface area contributed by atoms with Crippen molar-refractivity contribution in [1.82, 2.24) is 5.32 Å². The molecule has 0 heterocycles. The third kappa shape index (κ3) is 3.44. The van der Waals surface area contributed by atoms with Crippen molar-refractivity contribution in [2.24, 2.45) is 0 Å². The van der Waals surface area contributed by atoms with Gasteiger partial charge in [-0.25, -0.2) is 4.39 Å². The van der Waals surface area contributed by atoms with Crippen LogP contribution in [0.3, 0.4) is 0 Å². The van der Waals surface area contributed by atoms with E-state index < -0.39 is 23.5 Å². The molecule has 1 amide bonds. The fourth-order valence-electron chi connectivity index (χ4n) is 1.23. The largest absolute Gasteiger partial charge is 0.419 e. The van der Waals surface area contributed by atoms with Gasteiger partial charge in [-0.2, -0.15) is 13.2 Å². The van der Waals surface area contributed by atoms with Crippen molar-refractivity contribution in [3.8, 4) is 0 Å². The molecule has 0 atom stereocenters. The number of halogens is 4. The summed E-state index contributed by atoms with van der Waals surface area (Å²) in [6.45, 7) is 2.22. The first-order chi connectivity index (χ1) is 7.86. The second-order valence-electron chi connectivity index (χ2n) is 3.45. The van der Waals surface area contributed by atoms with E-state index in [-0.39, 0.29) is 5.56 Å². The zero-order valence-electron chi connectivity index (χ0n) is 9.07. The minimum absolute atomic E-state index is 0.121. The Morgan fingerprint density at radius 3 is 2.47 bits per heavy atom. The highest BCUT2D eigenvalue weighted by atomic mass is 19.4. The van der Waals surface area contributed by atoms with E-state index in [9.17, 15) is 22.4 Å². The third-order valence-corrected chi connectivity index (χ3v) is 2.07. The molecule has 0 aliphatic carbocycles. The first-order valence-electron chi connectivity index (χ1n) is 5.01. The van der Waals surface area contributed by atoms with Gasteiger partial charge in [0.05, 0.1) is 5.56 Å². The van der Waals surface area contributed by atoms with Gasteiger partial charge < -0.3 is 5.32 Å². The number of hydrogen-bond acceptors (Lipinski definition) is 1. The maximum atomic E-state index is 13.1. The molecule has 1 aromatic rings. The van der Waals surface area contributed by atoms with Crippen LogP contribution in [0.5, 0.6) is 0 Å². The van der Waals surface area contributed by atoms with Gasteiger partial charge in [-0.15, -0.1) is 0 Å². The van der Waals surface area contributed by atoms with Gasteiger partial charge in [0.15, 0.2) is 0 Å². The van der Waals surface area contributed by atoms with Gasteiger partial charge in [0.1, 0.15) is 5.82 Å². The van der Waals surface area contributed by atoms with Crippen LogP contribution in [0.2, 0.25) is 0 Å². The molecule has 0 spiro atoms. The van der Waals surface area contributed by atoms with Crippen molar-refractivity contribution in [2.75, 3.05) is 6.54 Å². The van der Waals surface area contributed by atoms with Crippen molar-refractivity contribution in [2.45, 2.75) is 19.5 Å². The summed E-state index contributed by atoms with van der Waals surface area (Å²) in [5.41, 5.74) is -1.49. The normalized spacial score (nSPS) is 11.4. The molecule has 0 fully saturated rings. The highest BCUT2D eigenvalue weighted by molar-refractivity contribution is 5.94. The zero-order chi connectivity index (χ0) is 13.1. The summed E-state index contributed by atoms with van der Waals surface area (Å²) in [4.78, 5) is 11.4. The Labute approximate surface area is 95.6 Å². The van der Waals surface area contributed by atoms with Gasteiger partial charge in [0.25, 0.3) is 5.91 Å². The fourth-order valence-corrected chi connectivity index (χ4v) is 1.23. The van der Waals surface area contributed by atoms with Gasteiger partial charge in [0, 0.05) is 12.1 Å². The lowest BCUT2D eigenvalue weighted by atomic mass is 10.1. The molecule has 0 aliphatic heterocycles. The molecule has 0 saturated carbocycles. The summed E-state index contributed by atoms with van der Waals surface area (Å²) >= 11 is 0. The summed E-state index contributed by atoms with van der Waals surface area (Å²) < 4.78 is 49.9. The predicted molar refractivity (Wildman–Crippen MR) is 54.0 cm³/mol. The molecule has 0 radical (unpaired) electrons. The molecule has 0 aliphatic rings. The number of rotatable bonds is 3. The number of amides is 1. The average Bonchev–Trinajstić information content (AvgIpc) is 2.23. The highest BCUT2D eigenvalue weighted by Crippen LogP contribution is 2.31. The van der Waals surface area contributed by atoms with Gasteiger partial charge in [-0.05, 0) is 24.6 Å². The molecule has 6 heteroatoms. The van der Waals surface area contributed by atoms with Crippen LogP contribution in [0.15, 0.2) is 18.2 Å². The van der Waals surface area contributed by atoms with Crippen molar-refractivity contribution in [3.05, 3.63) is 35.1 Å². The van der Waals surface area contributed by atoms with E-state index >= 15 is 0 Å². The summed E-state index contributed by atoms with van der Waals surface area (Å²) in [6.07, 6.45) is -4.06. The maximum Gasteiger partial charge on any atom is 0.419 e. The lowest BCUT2D eigenvalue weighted by Gasteiger charge is -2.09. The SMILES string of the molecule is CCCNC(=O)c1ccc(C(F)(F)F)c(F)c1. The van der Waals surface area contributed by atoms with E-state index in [2.05, 4.69) is 5.32 Å². The van der Waals surface area contributed by atoms with Gasteiger partial charge in [-0.1, -0.05) is 6.92 Å². The zero-order valence-corrected chi connectivity index (χ0v) is 9.07. The molecule has 94 valence electrons. The molecule has 1 aromatic carbocycles. The topological polar surface area (TPSA) is 29.1 Å². The standard InChI is InChI=1S/C11H11F4NO/c1-2-5-16-10(17)7-3-4-8(9(12)6-7)11(13,14)15/h3-4,6H,2,5H2,1H3,(H,16,17). The Bertz CT molecular complexity index is 414. The summed E-state index contributed by atoms with van der Waals surface area (Å²) in [5.74, 6) is -2.03. The maximum absolute atomic E-state index is 13.1. The third-order valence-electron chi connectivity index (χ3n) is 2.07. The molecule has 1 rings (SSSR count). The second kappa shape index (κ2) is 5.16. The average molecular weight is 249 g/mol. The van der Waals surface area contributed by atoms with Crippen LogP contribution in [-0.2, 0) is 6.18 Å². The van der Waals surface area contributed by atoms with E-state index in [1.807, 2.05) is 6.92 Å². The number of alkyl halides is 3. The van der Waals surface area contributed by atoms with Crippen LogP contribution in [0.25, 0.3) is 0 Å². The Kier molecular flexibility index (Phi) is 4.09. The number of carbonyl (C=O) groups is 1. The van der Waals surface area contributed by atoms with Gasteiger partial charge >= 0.3 is 6.18 Å². The lowest BCUT2D eigenvalue weighted by Crippen LogP contribution is -2.24. The molecular formula is C11H11F4NO. The highest BCUT2D eigenvalue weighted by Gasteiger charge is 2.34. The Morgan fingerprint density at radius 1 is 1.35 bits per heavy atom. The van der Waals surface area contributed by atoms with Crippen LogP contribution in [-0.4, -0.2) is 12.5 Å². The molecule has 2 nitrogen and oxygen atoms in total. The van der Waals surface area contributed by atoms with E-state index in [1.54, 1.807) is 0 Å². The predicted octanol–water partition coefficient (Wildman–Crippen LogP) is 2.98. The van der Waals surface area contributed by atoms with Crippen LogP contribution in [0.4, 0.5) is 17.6 Å². The van der Waals surface area contributed by atoms with Crippen LogP contribution in [0, 0.1) is 5.82 Å². The molecule has 1 N–H and O–H groups in total. The van der Waals surface area contributed by atoms with E-state index in [0.29, 0.717) is 25.1 Å². The number of hydrogen-bond donors (Lipinski definition) is 1. The lowest BCUT2D eigenvalue weighted by molar-refractivity contribution is -0.140. The van der Waals surface area contributed by atoms with E-state index in [0.717, 1.165) is 6.07 Å². The van der Waals surface area contributed by atoms with Gasteiger partial charge in [0.2, 0.25) is 0 Å². The number of benzene rings is 1. The summed E-state index contributed by atoms with van der Waals surface area (Å²) in [6, 6.07) is 2.11. The summed E-state index contributed by atoms with van der Waals surface area (Å²) in [7, 11) is 0. The molecule has 17 heavy (non-hydrogen) atoms. The van der Waals surface area contributed by atoms with Crippen LogP contribution in [0.1, 0.15) is 29.3 Å². The first kappa shape index (κ1) is 13.5. The number of nitrogens with one attached hydrogen (secondary N) is 1. The minimum Gasteiger partial charge on any atom is -0.352 e. The van der Waals surface area contributed by atoms with Crippen LogP contribution < -0.4 is 5.32 Å². The van der Waals surface area contributed by atoms with Crippen molar-refractivity contribution >= 4 is 5.91 Å². The van der Waals surface area contributed by atoms with Gasteiger partial charge in [-0.3, -0.25) is 4.79 Å². The van der Waals surface area contributed by atoms with Crippen LogP contribution >= 0.6 is 0 Å². The van der Waals surface area contributed by atoms with Crippen molar-refractivity contribution in [1.29, 1.82) is 0 Å².